The van der Waals surface area contributed by atoms with E-state index in [0.717, 1.165) is 12.0 Å². The van der Waals surface area contributed by atoms with Gasteiger partial charge in [0.1, 0.15) is 5.17 Å². The number of rotatable bonds is 4. The summed E-state index contributed by atoms with van der Waals surface area (Å²) in [7, 11) is 0. The Balaban J connectivity index is 3.13. The summed E-state index contributed by atoms with van der Waals surface area (Å²) in [5.74, 6) is 0. The Kier molecular flexibility index (Phi) is 4.97. The lowest BCUT2D eigenvalue weighted by atomic mass is 10.2. The zero-order chi connectivity index (χ0) is 12.1. The fourth-order valence-electron chi connectivity index (χ4n) is 1.14. The number of aliphatic imine (C=N–C) groups is 1. The minimum absolute atomic E-state index is 0.184. The summed E-state index contributed by atoms with van der Waals surface area (Å²) in [5.41, 5.74) is 1.31. The molecule has 0 saturated carbocycles. The Hall–Kier alpha value is -0.860. The number of aromatic nitrogens is 1. The van der Waals surface area contributed by atoms with Crippen molar-refractivity contribution in [3.63, 3.8) is 0 Å². The quantitative estimate of drug-likeness (QED) is 0.746. The third-order valence-electron chi connectivity index (χ3n) is 2.21. The van der Waals surface area contributed by atoms with Gasteiger partial charge in [0.2, 0.25) is 0 Å². The predicted octanol–water partition coefficient (Wildman–Crippen LogP) is 4.08. The van der Waals surface area contributed by atoms with Gasteiger partial charge in [-0.15, -0.1) is 0 Å². The van der Waals surface area contributed by atoms with Crippen LogP contribution in [0.5, 0.6) is 0 Å². The van der Waals surface area contributed by atoms with Crippen LogP contribution < -0.4 is 0 Å². The minimum atomic E-state index is 0.184. The highest BCUT2D eigenvalue weighted by molar-refractivity contribution is 6.70. The average molecular weight is 257 g/mol. The molecule has 1 heterocycles. The fraction of sp³-hybridized carbons (Fsp3) is 0.333. The van der Waals surface area contributed by atoms with Crippen molar-refractivity contribution in [1.82, 2.24) is 4.98 Å². The lowest BCUT2D eigenvalue weighted by Gasteiger charge is -2.07. The highest BCUT2D eigenvalue weighted by atomic mass is 35.5. The molecular formula is C12H14Cl2N2. The first kappa shape index (κ1) is 13.2. The molecule has 0 fully saturated rings. The average Bonchev–Trinajstić information content (AvgIpc) is 2.28. The van der Waals surface area contributed by atoms with Crippen LogP contribution in [0.25, 0.3) is 5.03 Å². The van der Waals surface area contributed by atoms with Gasteiger partial charge in [0, 0.05) is 17.8 Å². The van der Waals surface area contributed by atoms with E-state index in [0.29, 0.717) is 15.9 Å². The largest absolute Gasteiger partial charge is 0.269 e. The summed E-state index contributed by atoms with van der Waals surface area (Å²) in [4.78, 5) is 8.49. The predicted molar refractivity (Wildman–Crippen MR) is 71.3 cm³/mol. The van der Waals surface area contributed by atoms with Gasteiger partial charge in [0.15, 0.2) is 0 Å². The maximum Gasteiger partial charge on any atom is 0.133 e. The zero-order valence-corrected chi connectivity index (χ0v) is 10.9. The van der Waals surface area contributed by atoms with E-state index in [1.54, 1.807) is 12.3 Å². The standard InChI is InChI=1S/C12H14Cl2N2/c1-4-8(2)16-12(14)10-6-5-7-15-11(10)9(3)13/h5-8H,3-4H2,1-2H3/b16-12+. The second-order valence-corrected chi connectivity index (χ2v) is 4.30. The molecule has 2 nitrogen and oxygen atoms in total. The lowest BCUT2D eigenvalue weighted by Crippen LogP contribution is -2.04. The molecule has 0 radical (unpaired) electrons. The van der Waals surface area contributed by atoms with Crippen molar-refractivity contribution >= 4 is 33.4 Å². The molecule has 1 unspecified atom stereocenters. The maximum atomic E-state index is 6.14. The number of hydrogen-bond donors (Lipinski definition) is 0. The molecule has 1 atom stereocenters. The van der Waals surface area contributed by atoms with Crippen molar-refractivity contribution in [2.45, 2.75) is 26.3 Å². The molecule has 0 amide bonds. The van der Waals surface area contributed by atoms with Crippen LogP contribution in [-0.2, 0) is 0 Å². The summed E-state index contributed by atoms with van der Waals surface area (Å²) < 4.78 is 0. The van der Waals surface area contributed by atoms with Crippen LogP contribution in [0.3, 0.4) is 0 Å². The van der Waals surface area contributed by atoms with Gasteiger partial charge in [-0.05, 0) is 25.5 Å². The third kappa shape index (κ3) is 3.32. The third-order valence-corrected chi connectivity index (χ3v) is 2.69. The lowest BCUT2D eigenvalue weighted by molar-refractivity contribution is 0.719. The first-order valence-electron chi connectivity index (χ1n) is 5.09. The van der Waals surface area contributed by atoms with Crippen LogP contribution in [0.1, 0.15) is 31.5 Å². The SMILES string of the molecule is C=C(Cl)c1ncccc1/C(Cl)=N\C(C)CC. The summed E-state index contributed by atoms with van der Waals surface area (Å²) in [6, 6.07) is 3.82. The topological polar surface area (TPSA) is 25.2 Å². The van der Waals surface area contributed by atoms with Crippen molar-refractivity contribution in [2.24, 2.45) is 4.99 Å². The summed E-state index contributed by atoms with van der Waals surface area (Å²) >= 11 is 12.0. The molecule has 0 saturated heterocycles. The van der Waals surface area contributed by atoms with Gasteiger partial charge < -0.3 is 0 Å². The molecule has 0 aromatic carbocycles. The van der Waals surface area contributed by atoms with Crippen LogP contribution in [0.2, 0.25) is 0 Å². The zero-order valence-electron chi connectivity index (χ0n) is 9.37. The molecule has 86 valence electrons. The van der Waals surface area contributed by atoms with Gasteiger partial charge in [-0.3, -0.25) is 9.98 Å². The van der Waals surface area contributed by atoms with Crippen molar-refractivity contribution in [1.29, 1.82) is 0 Å². The van der Waals surface area contributed by atoms with Crippen LogP contribution in [0.4, 0.5) is 0 Å². The Bertz CT molecular complexity index is 413. The van der Waals surface area contributed by atoms with Crippen molar-refractivity contribution in [3.8, 4) is 0 Å². The highest BCUT2D eigenvalue weighted by Crippen LogP contribution is 2.20. The molecule has 4 heteroatoms. The highest BCUT2D eigenvalue weighted by Gasteiger charge is 2.10. The fourth-order valence-corrected chi connectivity index (χ4v) is 1.61. The van der Waals surface area contributed by atoms with E-state index >= 15 is 0 Å². The second kappa shape index (κ2) is 6.02. The monoisotopic (exact) mass is 256 g/mol. The first-order valence-corrected chi connectivity index (χ1v) is 5.85. The van der Waals surface area contributed by atoms with Gasteiger partial charge in [-0.2, -0.15) is 0 Å². The van der Waals surface area contributed by atoms with Gasteiger partial charge in [0.05, 0.1) is 10.7 Å². The van der Waals surface area contributed by atoms with Crippen molar-refractivity contribution < 1.29 is 0 Å². The van der Waals surface area contributed by atoms with Gasteiger partial charge in [-0.1, -0.05) is 36.7 Å². The normalized spacial score (nSPS) is 13.6. The van der Waals surface area contributed by atoms with Crippen LogP contribution in [0, 0.1) is 0 Å². The van der Waals surface area contributed by atoms with E-state index in [2.05, 4.69) is 23.5 Å². The molecule has 1 rings (SSSR count). The van der Waals surface area contributed by atoms with E-state index < -0.39 is 0 Å². The molecule has 16 heavy (non-hydrogen) atoms. The summed E-state index contributed by atoms with van der Waals surface area (Å²) in [6.07, 6.45) is 2.59. The molecule has 0 aliphatic carbocycles. The van der Waals surface area contributed by atoms with E-state index in [4.69, 9.17) is 23.2 Å². The first-order chi connectivity index (χ1) is 7.56. The number of pyridine rings is 1. The van der Waals surface area contributed by atoms with E-state index in [9.17, 15) is 0 Å². The second-order valence-electron chi connectivity index (χ2n) is 3.48. The number of hydrogen-bond acceptors (Lipinski definition) is 2. The van der Waals surface area contributed by atoms with Gasteiger partial charge >= 0.3 is 0 Å². The number of nitrogens with zero attached hydrogens (tertiary/aromatic N) is 2. The maximum absolute atomic E-state index is 6.14. The van der Waals surface area contributed by atoms with E-state index in [1.807, 2.05) is 13.0 Å². The van der Waals surface area contributed by atoms with Crippen LogP contribution in [-0.4, -0.2) is 16.2 Å². The Morgan fingerprint density at radius 1 is 1.56 bits per heavy atom. The van der Waals surface area contributed by atoms with Crippen LogP contribution >= 0.6 is 23.2 Å². The minimum Gasteiger partial charge on any atom is -0.269 e. The molecule has 0 aliphatic heterocycles. The number of halogens is 2. The summed E-state index contributed by atoms with van der Waals surface area (Å²) in [6.45, 7) is 7.72. The molecular weight excluding hydrogens is 243 g/mol. The molecule has 0 N–H and O–H groups in total. The van der Waals surface area contributed by atoms with E-state index in [1.165, 1.54) is 0 Å². The molecule has 1 aromatic rings. The van der Waals surface area contributed by atoms with Gasteiger partial charge in [-0.25, -0.2) is 0 Å². The van der Waals surface area contributed by atoms with Gasteiger partial charge in [0.25, 0.3) is 0 Å². The van der Waals surface area contributed by atoms with Crippen molar-refractivity contribution in [2.75, 3.05) is 0 Å². The Morgan fingerprint density at radius 2 is 2.25 bits per heavy atom. The molecule has 1 aromatic heterocycles. The summed E-state index contributed by atoms with van der Waals surface area (Å²) in [5, 5.41) is 0.798. The van der Waals surface area contributed by atoms with E-state index in [-0.39, 0.29) is 6.04 Å². The Labute approximate surface area is 106 Å². The smallest absolute Gasteiger partial charge is 0.133 e. The van der Waals surface area contributed by atoms with Crippen LogP contribution in [0.15, 0.2) is 29.9 Å². The molecule has 0 spiro atoms. The van der Waals surface area contributed by atoms with Crippen molar-refractivity contribution in [3.05, 3.63) is 36.2 Å². The molecule has 0 bridgehead atoms. The Morgan fingerprint density at radius 3 is 2.81 bits per heavy atom. The molecule has 0 aliphatic rings.